The molecule has 2 aromatic rings. The Morgan fingerprint density at radius 3 is 2.88 bits per heavy atom. The third kappa shape index (κ3) is 3.07. The lowest BCUT2D eigenvalue weighted by Gasteiger charge is -2.09. The molecule has 6 heteroatoms. The molecule has 2 nitrogen and oxygen atoms in total. The lowest BCUT2D eigenvalue weighted by Crippen LogP contribution is -2.07. The Labute approximate surface area is 115 Å². The largest absolute Gasteiger partial charge is 0.329 e. The zero-order chi connectivity index (χ0) is 11.5. The van der Waals surface area contributed by atoms with Crippen molar-refractivity contribution in [3.05, 3.63) is 31.9 Å². The molecule has 0 amide bonds. The van der Waals surface area contributed by atoms with Gasteiger partial charge in [0, 0.05) is 22.5 Å². The first kappa shape index (κ1) is 12.6. The molecule has 0 aliphatic carbocycles. The molecule has 1 unspecified atom stereocenters. The molecule has 2 N–H and O–H groups in total. The summed E-state index contributed by atoms with van der Waals surface area (Å²) in [6.45, 7) is 2.65. The molecular weight excluding hydrogens is 324 g/mol. The number of hydrogen-bond donors (Lipinski definition) is 1. The van der Waals surface area contributed by atoms with E-state index in [0.717, 1.165) is 13.8 Å². The summed E-state index contributed by atoms with van der Waals surface area (Å²) in [7, 11) is 0. The number of aryl methyl sites for hydroxylation is 1. The van der Waals surface area contributed by atoms with E-state index < -0.39 is 0 Å². The molecular formula is C10H11BrN2S3. The molecule has 0 saturated heterocycles. The van der Waals surface area contributed by atoms with Gasteiger partial charge in [0.1, 0.15) is 0 Å². The number of rotatable bonds is 4. The van der Waals surface area contributed by atoms with Crippen LogP contribution in [0.4, 0.5) is 0 Å². The molecule has 0 bridgehead atoms. The van der Waals surface area contributed by atoms with Gasteiger partial charge < -0.3 is 5.73 Å². The predicted molar refractivity (Wildman–Crippen MR) is 76.5 cm³/mol. The Morgan fingerprint density at radius 1 is 1.56 bits per heavy atom. The molecule has 2 aromatic heterocycles. The van der Waals surface area contributed by atoms with Crippen molar-refractivity contribution in [1.82, 2.24) is 4.98 Å². The van der Waals surface area contributed by atoms with Crippen LogP contribution in [0.2, 0.25) is 0 Å². The zero-order valence-corrected chi connectivity index (χ0v) is 12.7. The average molecular weight is 335 g/mol. The summed E-state index contributed by atoms with van der Waals surface area (Å²) in [5.74, 6) is 0. The minimum atomic E-state index is 0.307. The van der Waals surface area contributed by atoms with Gasteiger partial charge in [-0.2, -0.15) is 0 Å². The minimum absolute atomic E-state index is 0.307. The number of thiazole rings is 1. The second-order valence-corrected chi connectivity index (χ2v) is 8.04. The van der Waals surface area contributed by atoms with Gasteiger partial charge in [0.15, 0.2) is 4.34 Å². The van der Waals surface area contributed by atoms with E-state index in [-0.39, 0.29) is 0 Å². The molecule has 0 aliphatic heterocycles. The molecule has 0 fully saturated rings. The highest BCUT2D eigenvalue weighted by Gasteiger charge is 2.15. The summed E-state index contributed by atoms with van der Waals surface area (Å²) in [5, 5.41) is 2.38. The van der Waals surface area contributed by atoms with Gasteiger partial charge in [-0.1, -0.05) is 11.8 Å². The van der Waals surface area contributed by atoms with Crippen LogP contribution in [0.5, 0.6) is 0 Å². The summed E-state index contributed by atoms with van der Waals surface area (Å²) in [6.07, 6.45) is 0. The average Bonchev–Trinajstić information content (AvgIpc) is 2.84. The van der Waals surface area contributed by atoms with E-state index in [4.69, 9.17) is 5.73 Å². The highest BCUT2D eigenvalue weighted by Crippen LogP contribution is 2.39. The van der Waals surface area contributed by atoms with Crippen LogP contribution in [0.25, 0.3) is 0 Å². The van der Waals surface area contributed by atoms with Gasteiger partial charge in [-0.25, -0.2) is 4.98 Å². The highest BCUT2D eigenvalue weighted by molar-refractivity contribution is 9.11. The van der Waals surface area contributed by atoms with E-state index in [1.165, 1.54) is 4.88 Å². The molecule has 0 spiro atoms. The minimum Gasteiger partial charge on any atom is -0.329 e. The van der Waals surface area contributed by atoms with Gasteiger partial charge in [0.2, 0.25) is 0 Å². The van der Waals surface area contributed by atoms with E-state index in [1.54, 1.807) is 34.4 Å². The van der Waals surface area contributed by atoms with E-state index >= 15 is 0 Å². The number of aromatic nitrogens is 1. The Balaban J connectivity index is 2.12. The maximum absolute atomic E-state index is 5.82. The Bertz CT molecular complexity index is 466. The fraction of sp³-hybridized carbons (Fsp3) is 0.300. The van der Waals surface area contributed by atoms with E-state index in [1.807, 2.05) is 6.92 Å². The van der Waals surface area contributed by atoms with Gasteiger partial charge in [-0.05, 0) is 35.0 Å². The first-order valence-electron chi connectivity index (χ1n) is 4.73. The summed E-state index contributed by atoms with van der Waals surface area (Å²) in [4.78, 5) is 5.75. The quantitative estimate of drug-likeness (QED) is 0.856. The standard InChI is InChI=1S/C10H11BrN2S3/c1-6-5-14-10(13-6)16-8(4-12)7-2-3-9(11)15-7/h2-3,5,8H,4,12H2,1H3. The van der Waals surface area contributed by atoms with Crippen LogP contribution >= 0.6 is 50.4 Å². The van der Waals surface area contributed by atoms with E-state index in [0.29, 0.717) is 11.8 Å². The number of hydrogen-bond acceptors (Lipinski definition) is 5. The van der Waals surface area contributed by atoms with Crippen LogP contribution in [0.1, 0.15) is 15.8 Å². The Hall–Kier alpha value is 0.120. The molecule has 1 atom stereocenters. The summed E-state index contributed by atoms with van der Waals surface area (Å²) >= 11 is 8.65. The van der Waals surface area contributed by atoms with Crippen LogP contribution < -0.4 is 5.73 Å². The first-order chi connectivity index (χ1) is 7.69. The fourth-order valence-corrected chi connectivity index (χ4v) is 4.91. The van der Waals surface area contributed by atoms with Crippen molar-refractivity contribution in [2.75, 3.05) is 6.54 Å². The number of thiophene rings is 1. The molecule has 2 heterocycles. The number of nitrogens with zero attached hydrogens (tertiary/aromatic N) is 1. The molecule has 0 aromatic carbocycles. The molecule has 2 rings (SSSR count). The Kier molecular flexibility index (Phi) is 4.43. The van der Waals surface area contributed by atoms with Crippen molar-refractivity contribution in [2.45, 2.75) is 16.5 Å². The lowest BCUT2D eigenvalue weighted by molar-refractivity contribution is 0.957. The summed E-state index contributed by atoms with van der Waals surface area (Å²) in [6, 6.07) is 4.19. The van der Waals surface area contributed by atoms with Crippen LogP contribution in [0.3, 0.4) is 0 Å². The third-order valence-electron chi connectivity index (χ3n) is 1.97. The maximum Gasteiger partial charge on any atom is 0.150 e. The summed E-state index contributed by atoms with van der Waals surface area (Å²) < 4.78 is 2.24. The van der Waals surface area contributed by atoms with Crippen molar-refractivity contribution in [3.8, 4) is 0 Å². The van der Waals surface area contributed by atoms with Crippen molar-refractivity contribution >= 4 is 50.4 Å². The van der Waals surface area contributed by atoms with Crippen LogP contribution in [-0.4, -0.2) is 11.5 Å². The zero-order valence-electron chi connectivity index (χ0n) is 8.64. The normalized spacial score (nSPS) is 12.9. The number of thioether (sulfide) groups is 1. The molecule has 0 aliphatic rings. The lowest BCUT2D eigenvalue weighted by atomic mass is 10.3. The van der Waals surface area contributed by atoms with Crippen molar-refractivity contribution in [3.63, 3.8) is 0 Å². The van der Waals surface area contributed by atoms with Gasteiger partial charge in [-0.3, -0.25) is 0 Å². The van der Waals surface area contributed by atoms with E-state index in [2.05, 4.69) is 38.4 Å². The number of nitrogens with two attached hydrogens (primary N) is 1. The fourth-order valence-electron chi connectivity index (χ4n) is 1.23. The van der Waals surface area contributed by atoms with Crippen LogP contribution in [0.15, 0.2) is 25.6 Å². The van der Waals surface area contributed by atoms with E-state index in [9.17, 15) is 0 Å². The van der Waals surface area contributed by atoms with Gasteiger partial charge >= 0.3 is 0 Å². The molecule has 86 valence electrons. The summed E-state index contributed by atoms with van der Waals surface area (Å²) in [5.41, 5.74) is 6.90. The van der Waals surface area contributed by atoms with Crippen LogP contribution in [0, 0.1) is 6.92 Å². The molecule has 0 saturated carbocycles. The number of halogens is 1. The smallest absolute Gasteiger partial charge is 0.150 e. The second-order valence-electron chi connectivity index (χ2n) is 3.24. The van der Waals surface area contributed by atoms with Crippen molar-refractivity contribution in [1.29, 1.82) is 0 Å². The van der Waals surface area contributed by atoms with Gasteiger partial charge in [0.05, 0.1) is 9.04 Å². The molecule has 16 heavy (non-hydrogen) atoms. The van der Waals surface area contributed by atoms with Gasteiger partial charge in [-0.15, -0.1) is 22.7 Å². The van der Waals surface area contributed by atoms with Gasteiger partial charge in [0.25, 0.3) is 0 Å². The topological polar surface area (TPSA) is 38.9 Å². The predicted octanol–water partition coefficient (Wildman–Crippen LogP) is 4.07. The van der Waals surface area contributed by atoms with Crippen molar-refractivity contribution < 1.29 is 0 Å². The molecule has 0 radical (unpaired) electrons. The monoisotopic (exact) mass is 334 g/mol. The van der Waals surface area contributed by atoms with Crippen LogP contribution in [-0.2, 0) is 0 Å². The SMILES string of the molecule is Cc1csc(SC(CN)c2ccc(Br)s2)n1. The maximum atomic E-state index is 5.82. The third-order valence-corrected chi connectivity index (χ3v) is 6.21. The second kappa shape index (κ2) is 5.64. The van der Waals surface area contributed by atoms with Crippen molar-refractivity contribution in [2.24, 2.45) is 5.73 Å². The highest BCUT2D eigenvalue weighted by atomic mass is 79.9. The first-order valence-corrected chi connectivity index (χ1v) is 8.10. The Morgan fingerprint density at radius 2 is 2.38 bits per heavy atom.